The molecule has 1 saturated heterocycles. The van der Waals surface area contributed by atoms with E-state index in [1.165, 1.54) is 0 Å². The third-order valence-corrected chi connectivity index (χ3v) is 5.11. The molecule has 0 aliphatic carbocycles. The molecule has 0 saturated carbocycles. The largest absolute Gasteiger partial charge is 0.383 e. The molecule has 19 heavy (non-hydrogen) atoms. The molecule has 0 aromatic carbocycles. The smallest absolute Gasteiger partial charge is 0.151 e. The topological polar surface area (TPSA) is 58.6 Å². The molecule has 0 aromatic rings. The van der Waals surface area contributed by atoms with Crippen LogP contribution in [-0.2, 0) is 14.6 Å². The van der Waals surface area contributed by atoms with Crippen LogP contribution < -0.4 is 5.32 Å². The minimum atomic E-state index is -2.84. The maximum atomic E-state index is 11.6. The Kier molecular flexibility index (Phi) is 7.28. The quantitative estimate of drug-likeness (QED) is 0.734. The van der Waals surface area contributed by atoms with Crippen LogP contribution in [0.3, 0.4) is 0 Å². The van der Waals surface area contributed by atoms with E-state index in [9.17, 15) is 8.42 Å². The van der Waals surface area contributed by atoms with Gasteiger partial charge in [-0.05, 0) is 25.4 Å². The summed E-state index contributed by atoms with van der Waals surface area (Å²) in [6, 6.07) is 0.261. The summed E-state index contributed by atoms with van der Waals surface area (Å²) in [6.45, 7) is 8.30. The zero-order chi connectivity index (χ0) is 14.3. The Morgan fingerprint density at radius 2 is 1.95 bits per heavy atom. The van der Waals surface area contributed by atoms with Crippen LogP contribution in [0, 0.1) is 5.92 Å². The van der Waals surface area contributed by atoms with E-state index in [4.69, 9.17) is 4.74 Å². The molecule has 1 rings (SSSR count). The molecule has 1 fully saturated rings. The summed E-state index contributed by atoms with van der Waals surface area (Å²) in [5.41, 5.74) is 0. The summed E-state index contributed by atoms with van der Waals surface area (Å²) in [7, 11) is -1.14. The van der Waals surface area contributed by atoms with Crippen LogP contribution in [-0.4, -0.2) is 70.8 Å². The van der Waals surface area contributed by atoms with Crippen molar-refractivity contribution < 1.29 is 13.2 Å². The number of ether oxygens (including phenoxy) is 1. The zero-order valence-electron chi connectivity index (χ0n) is 12.4. The molecule has 1 unspecified atom stereocenters. The molecule has 0 radical (unpaired) electrons. The third-order valence-electron chi connectivity index (χ3n) is 3.40. The first-order chi connectivity index (χ1) is 8.94. The highest BCUT2D eigenvalue weighted by Gasteiger charge is 2.24. The van der Waals surface area contributed by atoms with Crippen LogP contribution in [0.1, 0.15) is 20.3 Å². The average Bonchev–Trinajstić information content (AvgIpc) is 2.49. The van der Waals surface area contributed by atoms with E-state index in [-0.39, 0.29) is 11.8 Å². The third kappa shape index (κ3) is 6.70. The number of hydrogen-bond acceptors (Lipinski definition) is 5. The minimum absolute atomic E-state index is 0.261. The molecule has 0 amide bonds. The van der Waals surface area contributed by atoms with Crippen LogP contribution in [0.4, 0.5) is 0 Å². The van der Waals surface area contributed by atoms with Crippen LogP contribution in [0.25, 0.3) is 0 Å². The lowest BCUT2D eigenvalue weighted by atomic mass is 10.2. The highest BCUT2D eigenvalue weighted by Crippen LogP contribution is 2.09. The fraction of sp³-hybridized carbons (Fsp3) is 1.00. The van der Waals surface area contributed by atoms with Crippen molar-refractivity contribution >= 4 is 9.84 Å². The molecule has 1 N–H and O–H groups in total. The summed E-state index contributed by atoms with van der Waals surface area (Å²) in [6.07, 6.45) is 0.729. The summed E-state index contributed by atoms with van der Waals surface area (Å²) in [4.78, 5) is 2.25. The zero-order valence-corrected chi connectivity index (χ0v) is 13.2. The summed E-state index contributed by atoms with van der Waals surface area (Å²) in [5, 5.41) is 3.44. The molecule has 5 nitrogen and oxygen atoms in total. The Balaban J connectivity index is 2.50. The SMILES string of the molecule is COCC(CNCC(C)C)N1CCCS(=O)(=O)CC1. The van der Waals surface area contributed by atoms with Crippen molar-refractivity contribution in [1.82, 2.24) is 10.2 Å². The van der Waals surface area contributed by atoms with Crippen molar-refractivity contribution in [3.05, 3.63) is 0 Å². The predicted octanol–water partition coefficient (Wildman–Crippen LogP) is 0.368. The van der Waals surface area contributed by atoms with Gasteiger partial charge in [-0.25, -0.2) is 8.42 Å². The van der Waals surface area contributed by atoms with E-state index >= 15 is 0 Å². The molecule has 1 aliphatic rings. The average molecular weight is 292 g/mol. The van der Waals surface area contributed by atoms with E-state index in [0.29, 0.717) is 24.8 Å². The molecule has 1 heterocycles. The van der Waals surface area contributed by atoms with Gasteiger partial charge in [0.1, 0.15) is 0 Å². The second kappa shape index (κ2) is 8.19. The number of sulfone groups is 1. The molecule has 6 heteroatoms. The van der Waals surface area contributed by atoms with Gasteiger partial charge in [0, 0.05) is 26.2 Å². The van der Waals surface area contributed by atoms with Crippen molar-refractivity contribution in [2.75, 3.05) is 51.4 Å². The van der Waals surface area contributed by atoms with Gasteiger partial charge in [0.2, 0.25) is 0 Å². The highest BCUT2D eigenvalue weighted by molar-refractivity contribution is 7.91. The highest BCUT2D eigenvalue weighted by atomic mass is 32.2. The van der Waals surface area contributed by atoms with Gasteiger partial charge in [-0.3, -0.25) is 4.90 Å². The number of nitrogens with zero attached hydrogens (tertiary/aromatic N) is 1. The van der Waals surface area contributed by atoms with E-state index in [1.54, 1.807) is 7.11 Å². The van der Waals surface area contributed by atoms with E-state index in [0.717, 1.165) is 26.1 Å². The number of rotatable bonds is 7. The summed E-state index contributed by atoms with van der Waals surface area (Å²) in [5.74, 6) is 1.22. The van der Waals surface area contributed by atoms with E-state index in [2.05, 4.69) is 24.1 Å². The normalized spacial score (nSPS) is 22.3. The molecular weight excluding hydrogens is 264 g/mol. The Labute approximate surface area is 117 Å². The number of nitrogens with one attached hydrogen (secondary N) is 1. The van der Waals surface area contributed by atoms with Gasteiger partial charge in [0.15, 0.2) is 9.84 Å². The fourth-order valence-electron chi connectivity index (χ4n) is 2.35. The van der Waals surface area contributed by atoms with Crippen molar-refractivity contribution in [3.63, 3.8) is 0 Å². The first kappa shape index (κ1) is 16.9. The molecular formula is C13H28N2O3S. The molecule has 0 bridgehead atoms. The van der Waals surface area contributed by atoms with Crippen molar-refractivity contribution in [3.8, 4) is 0 Å². The second-order valence-corrected chi connectivity index (χ2v) is 8.01. The maximum Gasteiger partial charge on any atom is 0.151 e. The van der Waals surface area contributed by atoms with Crippen LogP contribution >= 0.6 is 0 Å². The Morgan fingerprint density at radius 3 is 2.58 bits per heavy atom. The van der Waals surface area contributed by atoms with Crippen molar-refractivity contribution in [2.45, 2.75) is 26.3 Å². The Bertz CT molecular complexity index is 344. The van der Waals surface area contributed by atoms with Crippen molar-refractivity contribution in [1.29, 1.82) is 0 Å². The fourth-order valence-corrected chi connectivity index (χ4v) is 3.63. The minimum Gasteiger partial charge on any atom is -0.383 e. The van der Waals surface area contributed by atoms with Crippen LogP contribution in [0.5, 0.6) is 0 Å². The van der Waals surface area contributed by atoms with Crippen LogP contribution in [0.15, 0.2) is 0 Å². The number of methoxy groups -OCH3 is 1. The van der Waals surface area contributed by atoms with Crippen LogP contribution in [0.2, 0.25) is 0 Å². The van der Waals surface area contributed by atoms with Gasteiger partial charge >= 0.3 is 0 Å². The monoisotopic (exact) mass is 292 g/mol. The van der Waals surface area contributed by atoms with Crippen molar-refractivity contribution in [2.24, 2.45) is 5.92 Å². The maximum absolute atomic E-state index is 11.6. The lowest BCUT2D eigenvalue weighted by molar-refractivity contribution is 0.0936. The van der Waals surface area contributed by atoms with Gasteiger partial charge in [0.25, 0.3) is 0 Å². The Hall–Kier alpha value is -0.170. The lowest BCUT2D eigenvalue weighted by Gasteiger charge is -2.30. The predicted molar refractivity (Wildman–Crippen MR) is 78.2 cm³/mol. The van der Waals surface area contributed by atoms with Gasteiger partial charge < -0.3 is 10.1 Å². The van der Waals surface area contributed by atoms with E-state index in [1.807, 2.05) is 0 Å². The lowest BCUT2D eigenvalue weighted by Crippen LogP contribution is -2.47. The Morgan fingerprint density at radius 1 is 1.21 bits per heavy atom. The summed E-state index contributed by atoms with van der Waals surface area (Å²) < 4.78 is 28.5. The van der Waals surface area contributed by atoms with Gasteiger partial charge in [-0.15, -0.1) is 0 Å². The van der Waals surface area contributed by atoms with Gasteiger partial charge in [0.05, 0.1) is 18.1 Å². The second-order valence-electron chi connectivity index (χ2n) is 5.70. The van der Waals surface area contributed by atoms with Gasteiger partial charge in [-0.2, -0.15) is 0 Å². The number of hydrogen-bond donors (Lipinski definition) is 1. The first-order valence-electron chi connectivity index (χ1n) is 7.08. The molecule has 1 atom stereocenters. The summed E-state index contributed by atoms with van der Waals surface area (Å²) >= 11 is 0. The first-order valence-corrected chi connectivity index (χ1v) is 8.91. The standard InChI is InChI=1S/C13H28N2O3S/c1-12(2)9-14-10-13(11-18-3)15-5-4-7-19(16,17)8-6-15/h12-14H,4-11H2,1-3H3. The van der Waals surface area contributed by atoms with E-state index < -0.39 is 9.84 Å². The molecule has 0 spiro atoms. The molecule has 0 aromatic heterocycles. The molecule has 1 aliphatic heterocycles. The van der Waals surface area contributed by atoms with Gasteiger partial charge in [-0.1, -0.05) is 13.8 Å². The molecule has 114 valence electrons.